The zero-order valence-electron chi connectivity index (χ0n) is 12.6. The quantitative estimate of drug-likeness (QED) is 0.783. The van der Waals surface area contributed by atoms with Crippen molar-refractivity contribution in [1.82, 2.24) is 9.62 Å². The molecule has 0 saturated heterocycles. The topological polar surface area (TPSA) is 49.4 Å². The van der Waals surface area contributed by atoms with E-state index >= 15 is 0 Å². The Bertz CT molecular complexity index is 643. The molecule has 1 N–H and O–H groups in total. The SMILES string of the molecule is C#CCN(CC)S(=O)(=O)c1cccc(CNC2CC2)c1C. The van der Waals surface area contributed by atoms with Crippen LogP contribution in [0.2, 0.25) is 0 Å². The van der Waals surface area contributed by atoms with Crippen molar-refractivity contribution in [3.8, 4) is 12.3 Å². The molecule has 1 aliphatic rings. The van der Waals surface area contributed by atoms with E-state index in [9.17, 15) is 8.42 Å². The fourth-order valence-electron chi connectivity index (χ4n) is 2.28. The summed E-state index contributed by atoms with van der Waals surface area (Å²) >= 11 is 0. The number of benzene rings is 1. The van der Waals surface area contributed by atoms with E-state index in [0.29, 0.717) is 24.0 Å². The van der Waals surface area contributed by atoms with Crippen LogP contribution in [-0.2, 0) is 16.6 Å². The number of terminal acetylenes is 1. The molecule has 0 atom stereocenters. The molecule has 0 aliphatic heterocycles. The molecule has 1 aromatic rings. The molecule has 0 aromatic heterocycles. The zero-order valence-corrected chi connectivity index (χ0v) is 13.4. The summed E-state index contributed by atoms with van der Waals surface area (Å²) < 4.78 is 26.7. The van der Waals surface area contributed by atoms with Gasteiger partial charge in [0.1, 0.15) is 0 Å². The van der Waals surface area contributed by atoms with Crippen LogP contribution in [0.3, 0.4) is 0 Å². The van der Waals surface area contributed by atoms with Crippen LogP contribution in [0.1, 0.15) is 30.9 Å². The summed E-state index contributed by atoms with van der Waals surface area (Å²) in [4.78, 5) is 0.356. The van der Waals surface area contributed by atoms with Crippen LogP contribution in [0.15, 0.2) is 23.1 Å². The minimum atomic E-state index is -3.53. The largest absolute Gasteiger partial charge is 0.310 e. The maximum absolute atomic E-state index is 12.7. The van der Waals surface area contributed by atoms with Gasteiger partial charge in [-0.15, -0.1) is 6.42 Å². The third kappa shape index (κ3) is 3.65. The number of nitrogens with one attached hydrogen (secondary N) is 1. The molecule has 0 bridgehead atoms. The summed E-state index contributed by atoms with van der Waals surface area (Å²) in [5, 5.41) is 3.42. The van der Waals surface area contributed by atoms with E-state index < -0.39 is 10.0 Å². The van der Waals surface area contributed by atoms with E-state index in [-0.39, 0.29) is 6.54 Å². The van der Waals surface area contributed by atoms with E-state index in [2.05, 4.69) is 11.2 Å². The zero-order chi connectivity index (χ0) is 15.5. The van der Waals surface area contributed by atoms with Gasteiger partial charge < -0.3 is 5.32 Å². The van der Waals surface area contributed by atoms with Gasteiger partial charge in [-0.25, -0.2) is 8.42 Å². The molecule has 0 amide bonds. The van der Waals surface area contributed by atoms with Crippen LogP contribution >= 0.6 is 0 Å². The first-order valence-electron chi connectivity index (χ1n) is 7.26. The van der Waals surface area contributed by atoms with Gasteiger partial charge in [-0.05, 0) is 37.0 Å². The lowest BCUT2D eigenvalue weighted by Gasteiger charge is -2.20. The van der Waals surface area contributed by atoms with E-state index in [4.69, 9.17) is 6.42 Å². The van der Waals surface area contributed by atoms with Crippen molar-refractivity contribution < 1.29 is 8.42 Å². The van der Waals surface area contributed by atoms with Crippen LogP contribution in [0.5, 0.6) is 0 Å². The highest BCUT2D eigenvalue weighted by molar-refractivity contribution is 7.89. The summed E-state index contributed by atoms with van der Waals surface area (Å²) in [6.45, 7) is 4.84. The molecule has 1 aliphatic carbocycles. The van der Waals surface area contributed by atoms with Crippen LogP contribution < -0.4 is 5.32 Å². The minimum Gasteiger partial charge on any atom is -0.310 e. The lowest BCUT2D eigenvalue weighted by atomic mass is 10.1. The molecule has 5 heteroatoms. The maximum Gasteiger partial charge on any atom is 0.244 e. The molecule has 0 unspecified atom stereocenters. The summed E-state index contributed by atoms with van der Waals surface area (Å²) in [6.07, 6.45) is 7.69. The molecule has 2 rings (SSSR count). The number of nitrogens with zero attached hydrogens (tertiary/aromatic N) is 1. The molecule has 0 heterocycles. The summed E-state index contributed by atoms with van der Waals surface area (Å²) in [7, 11) is -3.53. The standard InChI is InChI=1S/C16H22N2O2S/c1-4-11-18(5-2)21(19,20)16-8-6-7-14(13(16)3)12-17-15-9-10-15/h1,6-8,15,17H,5,9-12H2,2-3H3. The van der Waals surface area contributed by atoms with Crippen LogP contribution in [0.4, 0.5) is 0 Å². The Morgan fingerprint density at radius 2 is 2.14 bits per heavy atom. The second kappa shape index (κ2) is 6.61. The van der Waals surface area contributed by atoms with Crippen molar-refractivity contribution in [3.05, 3.63) is 29.3 Å². The number of hydrogen-bond donors (Lipinski definition) is 1. The van der Waals surface area contributed by atoms with Gasteiger partial charge in [-0.2, -0.15) is 4.31 Å². The molecule has 0 radical (unpaired) electrons. The first kappa shape index (κ1) is 16.0. The molecule has 1 aromatic carbocycles. The van der Waals surface area contributed by atoms with Crippen molar-refractivity contribution in [2.45, 2.75) is 44.2 Å². The highest BCUT2D eigenvalue weighted by Gasteiger charge is 2.25. The van der Waals surface area contributed by atoms with E-state index in [0.717, 1.165) is 11.1 Å². The van der Waals surface area contributed by atoms with Gasteiger partial charge in [0, 0.05) is 19.1 Å². The Kier molecular flexibility index (Phi) is 5.04. The monoisotopic (exact) mass is 306 g/mol. The Labute approximate surface area is 127 Å². The third-order valence-electron chi connectivity index (χ3n) is 3.79. The molecule has 1 fully saturated rings. The Hall–Kier alpha value is -1.35. The van der Waals surface area contributed by atoms with Crippen LogP contribution in [0, 0.1) is 19.3 Å². The predicted octanol–water partition coefficient (Wildman–Crippen LogP) is 1.89. The van der Waals surface area contributed by atoms with E-state index in [1.807, 2.05) is 13.0 Å². The van der Waals surface area contributed by atoms with Crippen molar-refractivity contribution in [3.63, 3.8) is 0 Å². The summed E-state index contributed by atoms with van der Waals surface area (Å²) in [6, 6.07) is 6.03. The highest BCUT2D eigenvalue weighted by Crippen LogP contribution is 2.24. The number of rotatable bonds is 7. The fourth-order valence-corrected chi connectivity index (χ4v) is 3.91. The summed E-state index contributed by atoms with van der Waals surface area (Å²) in [5.41, 5.74) is 1.83. The fraction of sp³-hybridized carbons (Fsp3) is 0.500. The smallest absolute Gasteiger partial charge is 0.244 e. The first-order valence-corrected chi connectivity index (χ1v) is 8.70. The Morgan fingerprint density at radius 3 is 2.71 bits per heavy atom. The molecule has 0 spiro atoms. The van der Waals surface area contributed by atoms with Gasteiger partial charge >= 0.3 is 0 Å². The average molecular weight is 306 g/mol. The lowest BCUT2D eigenvalue weighted by Crippen LogP contribution is -2.32. The normalized spacial score (nSPS) is 15.1. The van der Waals surface area contributed by atoms with Gasteiger partial charge in [0.25, 0.3) is 0 Å². The maximum atomic E-state index is 12.7. The van der Waals surface area contributed by atoms with Crippen molar-refractivity contribution >= 4 is 10.0 Å². The second-order valence-electron chi connectivity index (χ2n) is 5.33. The molecule has 21 heavy (non-hydrogen) atoms. The molecular weight excluding hydrogens is 284 g/mol. The Balaban J connectivity index is 2.29. The van der Waals surface area contributed by atoms with Gasteiger partial charge in [-0.1, -0.05) is 25.0 Å². The molecule has 1 saturated carbocycles. The summed E-state index contributed by atoms with van der Waals surface area (Å²) in [5.74, 6) is 2.41. The number of sulfonamides is 1. The molecule has 114 valence electrons. The van der Waals surface area contributed by atoms with Crippen LogP contribution in [0.25, 0.3) is 0 Å². The average Bonchev–Trinajstić information content (AvgIpc) is 3.27. The highest BCUT2D eigenvalue weighted by atomic mass is 32.2. The molecule has 4 nitrogen and oxygen atoms in total. The van der Waals surface area contributed by atoms with E-state index in [1.165, 1.54) is 17.1 Å². The van der Waals surface area contributed by atoms with Gasteiger partial charge in [0.15, 0.2) is 0 Å². The predicted molar refractivity (Wildman–Crippen MR) is 84.3 cm³/mol. The van der Waals surface area contributed by atoms with Crippen LogP contribution in [-0.4, -0.2) is 31.9 Å². The molecular formula is C16H22N2O2S. The van der Waals surface area contributed by atoms with Gasteiger partial charge in [0.2, 0.25) is 10.0 Å². The van der Waals surface area contributed by atoms with Crippen molar-refractivity contribution in [1.29, 1.82) is 0 Å². The van der Waals surface area contributed by atoms with Gasteiger partial charge in [-0.3, -0.25) is 0 Å². The minimum absolute atomic E-state index is 0.100. The Morgan fingerprint density at radius 1 is 1.43 bits per heavy atom. The van der Waals surface area contributed by atoms with E-state index in [1.54, 1.807) is 19.1 Å². The lowest BCUT2D eigenvalue weighted by molar-refractivity contribution is 0.463. The third-order valence-corrected chi connectivity index (χ3v) is 5.86. The van der Waals surface area contributed by atoms with Crippen molar-refractivity contribution in [2.75, 3.05) is 13.1 Å². The second-order valence-corrected chi connectivity index (χ2v) is 7.24. The van der Waals surface area contributed by atoms with Gasteiger partial charge in [0.05, 0.1) is 11.4 Å². The number of hydrogen-bond acceptors (Lipinski definition) is 3. The van der Waals surface area contributed by atoms with Crippen molar-refractivity contribution in [2.24, 2.45) is 0 Å². The first-order chi connectivity index (χ1) is 10.0.